The minimum atomic E-state index is -0.277. The first kappa shape index (κ1) is 17.0. The van der Waals surface area contributed by atoms with Gasteiger partial charge < -0.3 is 9.47 Å². The van der Waals surface area contributed by atoms with E-state index in [1.165, 1.54) is 0 Å². The molecule has 2 rings (SSSR count). The summed E-state index contributed by atoms with van der Waals surface area (Å²) >= 11 is 3.33. The van der Waals surface area contributed by atoms with E-state index in [2.05, 4.69) is 26.5 Å². The topological polar surface area (TPSA) is 59.9 Å². The third-order valence-corrected chi connectivity index (χ3v) is 3.45. The standard InChI is InChI=1S/C17H17BrN2O3/c1-3-23-15-8-7-12(9-16(15)22-2)11-19-20-17(21)13-5-4-6-14(18)10-13/h4-11H,3H2,1-2H3,(H,20,21)/b19-11-. The molecule has 0 saturated heterocycles. The monoisotopic (exact) mass is 376 g/mol. The van der Waals surface area contributed by atoms with Crippen LogP contribution in [0.2, 0.25) is 0 Å². The van der Waals surface area contributed by atoms with Crippen LogP contribution in [-0.4, -0.2) is 25.8 Å². The van der Waals surface area contributed by atoms with Crippen LogP contribution >= 0.6 is 15.9 Å². The van der Waals surface area contributed by atoms with Crippen molar-refractivity contribution < 1.29 is 14.3 Å². The SMILES string of the molecule is CCOc1ccc(/C=N\NC(=O)c2cccc(Br)c2)cc1OC. The van der Waals surface area contributed by atoms with Crippen LogP contribution in [0.1, 0.15) is 22.8 Å². The summed E-state index contributed by atoms with van der Waals surface area (Å²) in [6.45, 7) is 2.47. The van der Waals surface area contributed by atoms with E-state index >= 15 is 0 Å². The van der Waals surface area contributed by atoms with E-state index < -0.39 is 0 Å². The predicted octanol–water partition coefficient (Wildman–Crippen LogP) is 3.62. The Hall–Kier alpha value is -2.34. The minimum absolute atomic E-state index is 0.277. The molecule has 0 heterocycles. The smallest absolute Gasteiger partial charge is 0.271 e. The number of nitrogens with zero attached hydrogens (tertiary/aromatic N) is 1. The lowest BCUT2D eigenvalue weighted by atomic mass is 10.2. The maximum absolute atomic E-state index is 12.0. The maximum Gasteiger partial charge on any atom is 0.271 e. The van der Waals surface area contributed by atoms with Crippen LogP contribution in [0.25, 0.3) is 0 Å². The van der Waals surface area contributed by atoms with Gasteiger partial charge in [-0.15, -0.1) is 0 Å². The molecule has 0 saturated carbocycles. The Morgan fingerprint density at radius 2 is 2.09 bits per heavy atom. The summed E-state index contributed by atoms with van der Waals surface area (Å²) < 4.78 is 11.6. The quantitative estimate of drug-likeness (QED) is 0.618. The number of rotatable bonds is 6. The molecular weight excluding hydrogens is 360 g/mol. The van der Waals surface area contributed by atoms with Crippen LogP contribution in [-0.2, 0) is 0 Å². The Labute approximate surface area is 143 Å². The zero-order chi connectivity index (χ0) is 16.7. The third-order valence-electron chi connectivity index (χ3n) is 2.95. The summed E-state index contributed by atoms with van der Waals surface area (Å²) in [7, 11) is 1.58. The molecule has 120 valence electrons. The molecule has 2 aromatic rings. The summed E-state index contributed by atoms with van der Waals surface area (Å²) in [6.07, 6.45) is 1.55. The van der Waals surface area contributed by atoms with Gasteiger partial charge in [0, 0.05) is 10.0 Å². The number of hydrogen-bond donors (Lipinski definition) is 1. The van der Waals surface area contributed by atoms with Gasteiger partial charge in [-0.25, -0.2) is 5.43 Å². The molecule has 6 heteroatoms. The maximum atomic E-state index is 12.0. The van der Waals surface area contributed by atoms with Gasteiger partial charge in [-0.3, -0.25) is 4.79 Å². The first-order valence-electron chi connectivity index (χ1n) is 7.04. The average molecular weight is 377 g/mol. The number of hydrazone groups is 1. The molecule has 0 spiro atoms. The van der Waals surface area contributed by atoms with E-state index in [4.69, 9.17) is 9.47 Å². The highest BCUT2D eigenvalue weighted by Gasteiger charge is 2.05. The number of benzene rings is 2. The van der Waals surface area contributed by atoms with Crippen LogP contribution in [0.4, 0.5) is 0 Å². The van der Waals surface area contributed by atoms with E-state index in [0.29, 0.717) is 23.7 Å². The molecule has 5 nitrogen and oxygen atoms in total. The van der Waals surface area contributed by atoms with Crippen molar-refractivity contribution in [3.05, 3.63) is 58.1 Å². The number of carbonyl (C=O) groups excluding carboxylic acids is 1. The lowest BCUT2D eigenvalue weighted by Crippen LogP contribution is -2.17. The van der Waals surface area contributed by atoms with Crippen molar-refractivity contribution in [3.8, 4) is 11.5 Å². The molecule has 0 atom stereocenters. The second-order valence-electron chi connectivity index (χ2n) is 4.55. The first-order valence-corrected chi connectivity index (χ1v) is 7.83. The molecule has 2 aromatic carbocycles. The fourth-order valence-electron chi connectivity index (χ4n) is 1.90. The molecule has 23 heavy (non-hydrogen) atoms. The molecule has 0 aromatic heterocycles. The predicted molar refractivity (Wildman–Crippen MR) is 93.4 cm³/mol. The Bertz CT molecular complexity index is 717. The average Bonchev–Trinajstić information content (AvgIpc) is 2.56. The minimum Gasteiger partial charge on any atom is -0.493 e. The molecule has 0 aliphatic carbocycles. The fourth-order valence-corrected chi connectivity index (χ4v) is 2.30. The molecule has 0 fully saturated rings. The number of nitrogens with one attached hydrogen (secondary N) is 1. The van der Waals surface area contributed by atoms with Crippen molar-refractivity contribution in [1.82, 2.24) is 5.43 Å². The van der Waals surface area contributed by atoms with Gasteiger partial charge in [-0.2, -0.15) is 5.10 Å². The highest BCUT2D eigenvalue weighted by molar-refractivity contribution is 9.10. The number of halogens is 1. The van der Waals surface area contributed by atoms with Crippen LogP contribution in [0.5, 0.6) is 11.5 Å². The van der Waals surface area contributed by atoms with Crippen molar-refractivity contribution in [2.45, 2.75) is 6.92 Å². The molecule has 0 unspecified atom stereocenters. The molecular formula is C17H17BrN2O3. The largest absolute Gasteiger partial charge is 0.493 e. The van der Waals surface area contributed by atoms with Gasteiger partial charge in [0.2, 0.25) is 0 Å². The first-order chi connectivity index (χ1) is 11.1. The number of ether oxygens (including phenoxy) is 2. The molecule has 0 radical (unpaired) electrons. The zero-order valence-electron chi connectivity index (χ0n) is 12.9. The Morgan fingerprint density at radius 1 is 1.26 bits per heavy atom. The Kier molecular flexibility index (Phi) is 6.17. The van der Waals surface area contributed by atoms with Crippen LogP contribution in [0.3, 0.4) is 0 Å². The lowest BCUT2D eigenvalue weighted by Gasteiger charge is -2.09. The number of carbonyl (C=O) groups is 1. The highest BCUT2D eigenvalue weighted by atomic mass is 79.9. The van der Waals surface area contributed by atoms with Crippen molar-refractivity contribution in [2.24, 2.45) is 5.10 Å². The third kappa shape index (κ3) is 4.82. The Morgan fingerprint density at radius 3 is 2.78 bits per heavy atom. The molecule has 0 bridgehead atoms. The van der Waals surface area contributed by atoms with E-state index in [-0.39, 0.29) is 5.91 Å². The van der Waals surface area contributed by atoms with Gasteiger partial charge in [0.25, 0.3) is 5.91 Å². The van der Waals surface area contributed by atoms with Crippen molar-refractivity contribution >= 4 is 28.1 Å². The summed E-state index contributed by atoms with van der Waals surface area (Å²) in [4.78, 5) is 12.0. The van der Waals surface area contributed by atoms with Crippen molar-refractivity contribution in [1.29, 1.82) is 0 Å². The van der Waals surface area contributed by atoms with Crippen molar-refractivity contribution in [2.75, 3.05) is 13.7 Å². The van der Waals surface area contributed by atoms with Crippen LogP contribution < -0.4 is 14.9 Å². The second-order valence-corrected chi connectivity index (χ2v) is 5.47. The van der Waals surface area contributed by atoms with Gasteiger partial charge in [-0.05, 0) is 48.9 Å². The molecule has 0 aliphatic heterocycles. The molecule has 1 amide bonds. The van der Waals surface area contributed by atoms with E-state index in [1.54, 1.807) is 43.7 Å². The fraction of sp³-hybridized carbons (Fsp3) is 0.176. The van der Waals surface area contributed by atoms with Gasteiger partial charge in [-0.1, -0.05) is 22.0 Å². The normalized spacial score (nSPS) is 10.6. The van der Waals surface area contributed by atoms with E-state index in [9.17, 15) is 4.79 Å². The summed E-state index contributed by atoms with van der Waals surface area (Å²) in [5, 5.41) is 3.96. The number of hydrogen-bond acceptors (Lipinski definition) is 4. The number of amides is 1. The summed E-state index contributed by atoms with van der Waals surface area (Å²) in [6, 6.07) is 12.5. The van der Waals surface area contributed by atoms with E-state index in [0.717, 1.165) is 10.0 Å². The Balaban J connectivity index is 2.04. The lowest BCUT2D eigenvalue weighted by molar-refractivity contribution is 0.0955. The van der Waals surface area contributed by atoms with Crippen LogP contribution in [0.15, 0.2) is 52.0 Å². The highest BCUT2D eigenvalue weighted by Crippen LogP contribution is 2.27. The summed E-state index contributed by atoms with van der Waals surface area (Å²) in [5.74, 6) is 1.01. The molecule has 0 aliphatic rings. The number of methoxy groups -OCH3 is 1. The van der Waals surface area contributed by atoms with Crippen LogP contribution in [0, 0.1) is 0 Å². The zero-order valence-corrected chi connectivity index (χ0v) is 14.5. The summed E-state index contributed by atoms with van der Waals surface area (Å²) in [5.41, 5.74) is 3.81. The van der Waals surface area contributed by atoms with Gasteiger partial charge in [0.1, 0.15) is 0 Å². The van der Waals surface area contributed by atoms with Gasteiger partial charge in [0.05, 0.1) is 19.9 Å². The van der Waals surface area contributed by atoms with Gasteiger partial charge in [0.15, 0.2) is 11.5 Å². The van der Waals surface area contributed by atoms with Crippen molar-refractivity contribution in [3.63, 3.8) is 0 Å². The second kappa shape index (κ2) is 8.33. The van der Waals surface area contributed by atoms with Gasteiger partial charge >= 0.3 is 0 Å². The molecule has 1 N–H and O–H groups in total. The van der Waals surface area contributed by atoms with E-state index in [1.807, 2.05) is 19.1 Å².